The summed E-state index contributed by atoms with van der Waals surface area (Å²) >= 11 is 0. The van der Waals surface area contributed by atoms with Gasteiger partial charge in [0.05, 0.1) is 61.5 Å². The van der Waals surface area contributed by atoms with Crippen LogP contribution in [0, 0.1) is 23.7 Å². The topological polar surface area (TPSA) is 198 Å². The van der Waals surface area contributed by atoms with Crippen LogP contribution in [0.4, 0.5) is 0 Å². The van der Waals surface area contributed by atoms with Gasteiger partial charge in [-0.2, -0.15) is 0 Å². The first-order valence-electron chi connectivity index (χ1n) is 22.9. The number of carbonyl (C=O) groups is 1. The van der Waals surface area contributed by atoms with Gasteiger partial charge in [0.25, 0.3) is 0 Å². The van der Waals surface area contributed by atoms with E-state index in [4.69, 9.17) is 52.2 Å². The molecule has 2 fully saturated rings. The summed E-state index contributed by atoms with van der Waals surface area (Å²) in [7, 11) is 12.5. The molecule has 374 valence electrons. The molecule has 3 heterocycles. The maximum Gasteiger partial charge on any atom is 0.311 e. The molecule has 3 aliphatic rings. The Morgan fingerprint density at radius 2 is 1.61 bits per heavy atom. The molecule has 0 saturated carbocycles. The molecule has 0 aliphatic carbocycles. The molecule has 0 aromatic carbocycles. The molecule has 0 amide bonds. The Hall–Kier alpha value is -2.20. The van der Waals surface area contributed by atoms with Crippen molar-refractivity contribution in [2.75, 3.05) is 82.7 Å². The van der Waals surface area contributed by atoms with Crippen molar-refractivity contribution in [1.82, 2.24) is 9.80 Å². The van der Waals surface area contributed by atoms with Crippen LogP contribution in [0.2, 0.25) is 0 Å². The average Bonchev–Trinajstić information content (AvgIpc) is 3.24. The number of aliphatic hydroxyl groups excluding tert-OH is 2. The summed E-state index contributed by atoms with van der Waals surface area (Å²) in [5, 5.41) is 40.4. The van der Waals surface area contributed by atoms with Crippen molar-refractivity contribution in [3.8, 4) is 0 Å². The number of likely N-dealkylation sites (N-methyl/N-ethyl adjacent to an activating group) is 1. The lowest BCUT2D eigenvalue weighted by Gasteiger charge is -2.49. The monoisotopic (exact) mass is 920 g/mol. The van der Waals surface area contributed by atoms with Gasteiger partial charge in [0.15, 0.2) is 12.0 Å². The molecule has 2 saturated heterocycles. The van der Waals surface area contributed by atoms with Gasteiger partial charge in [0.2, 0.25) is 13.1 Å². The fourth-order valence-electron chi connectivity index (χ4n) is 9.26. The molecule has 3 rings (SSSR count). The molecule has 0 spiro atoms. The summed E-state index contributed by atoms with van der Waals surface area (Å²) in [6.07, 6.45) is -4.42. The first-order chi connectivity index (χ1) is 30.0. The summed E-state index contributed by atoms with van der Waals surface area (Å²) in [5.41, 5.74) is -3.70. The summed E-state index contributed by atoms with van der Waals surface area (Å²) < 4.78 is 62.0. The molecule has 18 nitrogen and oxygen atoms in total. The third kappa shape index (κ3) is 14.4. The Labute approximate surface area is 383 Å². The number of methoxy groups -OCH3 is 3. The molecule has 18 heteroatoms. The van der Waals surface area contributed by atoms with E-state index in [-0.39, 0.29) is 44.8 Å². The minimum absolute atomic E-state index is 0.178. The van der Waals surface area contributed by atoms with Crippen LogP contribution >= 0.6 is 0 Å². The second-order valence-electron chi connectivity index (χ2n) is 19.1. The predicted octanol–water partition coefficient (Wildman–Crippen LogP) is 3.92. The van der Waals surface area contributed by atoms with E-state index in [1.807, 2.05) is 67.7 Å². The number of ether oxygens (including phenoxy) is 10. The number of aliphatic hydroxyl groups is 3. The van der Waals surface area contributed by atoms with Gasteiger partial charge in [0, 0.05) is 58.1 Å². The number of rotatable bonds is 19. The maximum atomic E-state index is 14.6. The first-order valence-corrected chi connectivity index (χ1v) is 22.9. The van der Waals surface area contributed by atoms with Crippen LogP contribution in [-0.4, -0.2) is 192 Å². The van der Waals surface area contributed by atoms with Crippen molar-refractivity contribution >= 4 is 11.7 Å². The summed E-state index contributed by atoms with van der Waals surface area (Å²) in [6.45, 7) is 17.9. The van der Waals surface area contributed by atoms with Crippen LogP contribution < -0.4 is 0 Å². The van der Waals surface area contributed by atoms with Gasteiger partial charge in [-0.25, -0.2) is 0 Å². The van der Waals surface area contributed by atoms with E-state index in [0.717, 1.165) is 13.0 Å². The van der Waals surface area contributed by atoms with Crippen molar-refractivity contribution < 1.29 is 72.3 Å². The lowest BCUT2D eigenvalue weighted by molar-refractivity contribution is -0.306. The van der Waals surface area contributed by atoms with E-state index in [1.54, 1.807) is 42.1 Å². The summed E-state index contributed by atoms with van der Waals surface area (Å²) in [4.78, 5) is 24.3. The largest absolute Gasteiger partial charge is 0.492 e. The highest BCUT2D eigenvalue weighted by Crippen LogP contribution is 2.42. The van der Waals surface area contributed by atoms with E-state index in [2.05, 4.69) is 10.1 Å². The normalized spacial score (nSPS) is 40.1. The van der Waals surface area contributed by atoms with Crippen LogP contribution in [0.1, 0.15) is 94.4 Å². The van der Waals surface area contributed by atoms with Crippen molar-refractivity contribution in [3.63, 3.8) is 0 Å². The Kier molecular flexibility index (Phi) is 22.1. The van der Waals surface area contributed by atoms with E-state index in [1.165, 1.54) is 13.2 Å². The molecule has 6 unspecified atom stereocenters. The fourth-order valence-corrected chi connectivity index (χ4v) is 9.26. The zero-order valence-corrected chi connectivity index (χ0v) is 41.7. The quantitative estimate of drug-likeness (QED) is 0.0729. The second kappa shape index (κ2) is 25.2. The van der Waals surface area contributed by atoms with E-state index < -0.39 is 89.5 Å². The van der Waals surface area contributed by atoms with Gasteiger partial charge in [0.1, 0.15) is 29.7 Å². The van der Waals surface area contributed by atoms with Crippen molar-refractivity contribution in [2.24, 2.45) is 28.8 Å². The van der Waals surface area contributed by atoms with Crippen LogP contribution in [-0.2, 0) is 57.0 Å². The Balaban J connectivity index is 2.22. The molecule has 3 aliphatic heterocycles. The Bertz CT molecular complexity index is 1470. The molecular formula is C46H85N3O15. The lowest BCUT2D eigenvalue weighted by atomic mass is 9.73. The SMILES string of the molecule is CC[C@H]1OC(=O)[C@H](C)[C@@H](OC2CC(C)(OC)C(OCCCN(C)C)=CO2)[C@H](C)[C@@H](OC2OC(C)CC(N(C)C)C2O)[C@](C)(OC)C[C@@H](C)/C(=N\OCOCCOC)[C@H](C)[C@@H](O)[C@]1(C)O. The maximum absolute atomic E-state index is 14.6. The molecule has 64 heavy (non-hydrogen) atoms. The zero-order chi connectivity index (χ0) is 48.2. The van der Waals surface area contributed by atoms with E-state index in [0.29, 0.717) is 31.1 Å². The van der Waals surface area contributed by atoms with Crippen LogP contribution in [0.3, 0.4) is 0 Å². The second-order valence-corrected chi connectivity index (χ2v) is 19.1. The van der Waals surface area contributed by atoms with Gasteiger partial charge in [-0.05, 0) is 88.5 Å². The van der Waals surface area contributed by atoms with E-state index in [9.17, 15) is 20.1 Å². The number of nitrogens with zero attached hydrogens (tertiary/aromatic N) is 3. The third-order valence-corrected chi connectivity index (χ3v) is 13.4. The third-order valence-electron chi connectivity index (χ3n) is 13.4. The highest BCUT2D eigenvalue weighted by molar-refractivity contribution is 5.88. The fraction of sp³-hybridized carbons (Fsp3) is 0.913. The van der Waals surface area contributed by atoms with Gasteiger partial charge in [-0.3, -0.25) is 4.79 Å². The van der Waals surface area contributed by atoms with Gasteiger partial charge in [-0.15, -0.1) is 0 Å². The average molecular weight is 920 g/mol. The van der Waals surface area contributed by atoms with Crippen LogP contribution in [0.15, 0.2) is 17.2 Å². The summed E-state index contributed by atoms with van der Waals surface area (Å²) in [5.74, 6) is -3.17. The minimum atomic E-state index is -1.93. The molecular weight excluding hydrogens is 835 g/mol. The Morgan fingerprint density at radius 3 is 2.20 bits per heavy atom. The minimum Gasteiger partial charge on any atom is -0.492 e. The number of esters is 1. The van der Waals surface area contributed by atoms with Crippen molar-refractivity contribution in [3.05, 3.63) is 12.0 Å². The number of cyclic esters (lactones) is 1. The lowest BCUT2D eigenvalue weighted by Crippen LogP contribution is -2.61. The molecule has 0 aromatic rings. The smallest absolute Gasteiger partial charge is 0.311 e. The molecule has 16 atom stereocenters. The standard InChI is InChI=1S/C46H85N3O15/c1-17-34-46(9,53)40(51)30(4)37(47-60-27-57-22-21-54-14)28(2)24-45(8,56-16)41(64-43-38(50)33(49(12)13)23-29(3)61-43)31(5)39(32(6)42(52)62-34)63-36-25-44(7,55-15)35(26-59-36)58-20-18-19-48(10)11/h26,28-34,36,38-41,43,50-51,53H,17-25,27H2,1-16H3/b47-37+/t28-,29?,30+,31+,32-,33?,34-,36?,38?,39+,40-,41-,43?,44?,45-,46-/m1/s1. The molecule has 0 radical (unpaired) electrons. The Morgan fingerprint density at radius 1 is 0.922 bits per heavy atom. The number of oxime groups is 1. The first kappa shape index (κ1) is 56.1. The number of hydrogen-bond acceptors (Lipinski definition) is 18. The zero-order valence-electron chi connectivity index (χ0n) is 41.7. The predicted molar refractivity (Wildman–Crippen MR) is 239 cm³/mol. The molecule has 3 N–H and O–H groups in total. The van der Waals surface area contributed by atoms with Crippen LogP contribution in [0.5, 0.6) is 0 Å². The summed E-state index contributed by atoms with van der Waals surface area (Å²) in [6, 6.07) is -0.284. The van der Waals surface area contributed by atoms with Gasteiger partial charge < -0.3 is 77.3 Å². The number of carbonyl (C=O) groups excluding carboxylic acids is 1. The van der Waals surface area contributed by atoms with Gasteiger partial charge in [-0.1, -0.05) is 32.9 Å². The van der Waals surface area contributed by atoms with E-state index >= 15 is 0 Å². The van der Waals surface area contributed by atoms with Gasteiger partial charge >= 0.3 is 5.97 Å². The molecule has 0 bridgehead atoms. The number of hydrogen-bond donors (Lipinski definition) is 3. The molecule has 0 aromatic heterocycles. The van der Waals surface area contributed by atoms with Crippen molar-refractivity contribution in [1.29, 1.82) is 0 Å². The highest BCUT2D eigenvalue weighted by Gasteiger charge is 2.53. The highest BCUT2D eigenvalue weighted by atomic mass is 16.7. The van der Waals surface area contributed by atoms with Crippen LogP contribution in [0.25, 0.3) is 0 Å². The van der Waals surface area contributed by atoms with Crippen molar-refractivity contribution in [2.45, 2.75) is 166 Å².